The average molecular weight is 199 g/mol. The Balaban J connectivity index is 2.40. The van der Waals surface area contributed by atoms with Gasteiger partial charge in [0.2, 0.25) is 0 Å². The Bertz CT molecular complexity index is 168. The maximum atomic E-state index is 9.84. The molecule has 0 radical (unpaired) electrons. The van der Waals surface area contributed by atoms with Gasteiger partial charge in [-0.05, 0) is 33.1 Å². The zero-order valence-electron chi connectivity index (χ0n) is 9.84. The van der Waals surface area contributed by atoms with Crippen LogP contribution in [0, 0.1) is 0 Å². The van der Waals surface area contributed by atoms with E-state index >= 15 is 0 Å². The van der Waals surface area contributed by atoms with Crippen molar-refractivity contribution in [2.75, 3.05) is 0 Å². The lowest BCUT2D eigenvalue weighted by atomic mass is 9.89. The molecule has 2 heteroatoms. The molecule has 0 unspecified atom stereocenters. The predicted octanol–water partition coefficient (Wildman–Crippen LogP) is 2.46. The molecule has 0 saturated heterocycles. The van der Waals surface area contributed by atoms with Crippen LogP contribution in [0.4, 0.5) is 0 Å². The van der Waals surface area contributed by atoms with Gasteiger partial charge in [-0.1, -0.05) is 26.2 Å². The highest BCUT2D eigenvalue weighted by atomic mass is 16.3. The van der Waals surface area contributed by atoms with Crippen LogP contribution in [-0.2, 0) is 0 Å². The molecule has 1 fully saturated rings. The molecule has 2 nitrogen and oxygen atoms in total. The first-order chi connectivity index (χ1) is 6.55. The van der Waals surface area contributed by atoms with Crippen LogP contribution in [0.5, 0.6) is 0 Å². The van der Waals surface area contributed by atoms with Gasteiger partial charge in [-0.15, -0.1) is 0 Å². The highest BCUT2D eigenvalue weighted by Gasteiger charge is 2.28. The summed E-state index contributed by atoms with van der Waals surface area (Å²) in [6.07, 6.45) is 6.80. The van der Waals surface area contributed by atoms with E-state index in [0.717, 1.165) is 12.8 Å². The molecule has 1 rings (SSSR count). The van der Waals surface area contributed by atoms with Gasteiger partial charge in [0, 0.05) is 11.6 Å². The van der Waals surface area contributed by atoms with E-state index in [2.05, 4.69) is 26.1 Å². The molecule has 0 bridgehead atoms. The largest absolute Gasteiger partial charge is 0.392 e. The van der Waals surface area contributed by atoms with Crippen LogP contribution in [-0.4, -0.2) is 22.8 Å². The Labute approximate surface area is 88.1 Å². The third-order valence-corrected chi connectivity index (χ3v) is 3.18. The minimum absolute atomic E-state index is 0.125. The summed E-state index contributed by atoms with van der Waals surface area (Å²) >= 11 is 0. The predicted molar refractivity (Wildman–Crippen MR) is 60.4 cm³/mol. The fraction of sp³-hybridized carbons (Fsp3) is 1.00. The Morgan fingerprint density at radius 2 is 1.93 bits per heavy atom. The maximum Gasteiger partial charge on any atom is 0.0693 e. The Morgan fingerprint density at radius 1 is 1.29 bits per heavy atom. The summed E-state index contributed by atoms with van der Waals surface area (Å²) in [6.45, 7) is 6.68. The zero-order valence-corrected chi connectivity index (χ0v) is 9.84. The minimum Gasteiger partial charge on any atom is -0.392 e. The van der Waals surface area contributed by atoms with Gasteiger partial charge in [-0.2, -0.15) is 0 Å². The Kier molecular flexibility index (Phi) is 4.39. The van der Waals surface area contributed by atoms with Gasteiger partial charge >= 0.3 is 0 Å². The van der Waals surface area contributed by atoms with Crippen molar-refractivity contribution in [3.8, 4) is 0 Å². The second-order valence-corrected chi connectivity index (χ2v) is 5.24. The van der Waals surface area contributed by atoms with Crippen molar-refractivity contribution in [3.63, 3.8) is 0 Å². The molecule has 1 aliphatic rings. The van der Waals surface area contributed by atoms with E-state index in [-0.39, 0.29) is 11.6 Å². The summed E-state index contributed by atoms with van der Waals surface area (Å²) in [5.41, 5.74) is 0.178. The van der Waals surface area contributed by atoms with Crippen molar-refractivity contribution in [2.24, 2.45) is 0 Å². The van der Waals surface area contributed by atoms with Gasteiger partial charge in [-0.25, -0.2) is 0 Å². The number of aliphatic hydroxyl groups excluding tert-OH is 1. The van der Waals surface area contributed by atoms with Crippen LogP contribution in [0.15, 0.2) is 0 Å². The normalized spacial score (nSPS) is 29.1. The molecule has 2 atom stereocenters. The second-order valence-electron chi connectivity index (χ2n) is 5.24. The third kappa shape index (κ3) is 3.58. The molecule has 0 aromatic heterocycles. The van der Waals surface area contributed by atoms with Crippen molar-refractivity contribution in [1.82, 2.24) is 5.32 Å². The van der Waals surface area contributed by atoms with Crippen LogP contribution in [0.2, 0.25) is 0 Å². The zero-order chi connectivity index (χ0) is 10.6. The van der Waals surface area contributed by atoms with Crippen LogP contribution >= 0.6 is 0 Å². The fourth-order valence-electron chi connectivity index (χ4n) is 2.48. The molecule has 84 valence electrons. The van der Waals surface area contributed by atoms with Crippen LogP contribution in [0.25, 0.3) is 0 Å². The van der Waals surface area contributed by atoms with Crippen LogP contribution < -0.4 is 5.32 Å². The van der Waals surface area contributed by atoms with Gasteiger partial charge in [0.15, 0.2) is 0 Å². The minimum atomic E-state index is -0.125. The van der Waals surface area contributed by atoms with E-state index in [1.165, 1.54) is 25.7 Å². The fourth-order valence-corrected chi connectivity index (χ4v) is 2.48. The standard InChI is InChI=1S/C12H25NO/c1-4-9-12(2,3)13-10-7-5-6-8-11(10)14/h10-11,13-14H,4-9H2,1-3H3/t10-,11-/m1/s1. The quantitative estimate of drug-likeness (QED) is 0.729. The van der Waals surface area contributed by atoms with Crippen molar-refractivity contribution in [3.05, 3.63) is 0 Å². The molecule has 0 aromatic rings. The van der Waals surface area contributed by atoms with Crippen molar-refractivity contribution in [1.29, 1.82) is 0 Å². The highest BCUT2D eigenvalue weighted by molar-refractivity contribution is 4.87. The van der Waals surface area contributed by atoms with Crippen molar-refractivity contribution < 1.29 is 5.11 Å². The second kappa shape index (κ2) is 5.13. The number of hydrogen-bond donors (Lipinski definition) is 2. The molecular formula is C12H25NO. The Morgan fingerprint density at radius 3 is 2.50 bits per heavy atom. The SMILES string of the molecule is CCCC(C)(C)N[C@@H]1CCCC[C@H]1O. The number of rotatable bonds is 4. The lowest BCUT2D eigenvalue weighted by Gasteiger charge is -2.36. The van der Waals surface area contributed by atoms with E-state index in [4.69, 9.17) is 0 Å². The van der Waals surface area contributed by atoms with E-state index in [9.17, 15) is 5.11 Å². The molecule has 1 aliphatic carbocycles. The van der Waals surface area contributed by atoms with Gasteiger partial charge in [0.1, 0.15) is 0 Å². The lowest BCUT2D eigenvalue weighted by Crippen LogP contribution is -2.52. The first-order valence-electron chi connectivity index (χ1n) is 6.01. The number of aliphatic hydroxyl groups is 1. The van der Waals surface area contributed by atoms with E-state index in [1.54, 1.807) is 0 Å². The number of hydrogen-bond acceptors (Lipinski definition) is 2. The van der Waals surface area contributed by atoms with Crippen LogP contribution in [0.3, 0.4) is 0 Å². The summed E-state index contributed by atoms with van der Waals surface area (Å²) in [4.78, 5) is 0. The monoisotopic (exact) mass is 199 g/mol. The summed E-state index contributed by atoms with van der Waals surface area (Å²) in [5.74, 6) is 0. The lowest BCUT2D eigenvalue weighted by molar-refractivity contribution is 0.0744. The van der Waals surface area contributed by atoms with Gasteiger partial charge < -0.3 is 10.4 Å². The molecule has 0 aromatic carbocycles. The molecule has 0 spiro atoms. The molecular weight excluding hydrogens is 174 g/mol. The summed E-state index contributed by atoms with van der Waals surface area (Å²) < 4.78 is 0. The highest BCUT2D eigenvalue weighted by Crippen LogP contribution is 2.22. The van der Waals surface area contributed by atoms with E-state index < -0.39 is 0 Å². The smallest absolute Gasteiger partial charge is 0.0693 e. The molecule has 0 amide bonds. The molecule has 2 N–H and O–H groups in total. The Hall–Kier alpha value is -0.0800. The maximum absolute atomic E-state index is 9.84. The average Bonchev–Trinajstić information content (AvgIpc) is 2.08. The number of nitrogens with one attached hydrogen (secondary N) is 1. The molecule has 0 heterocycles. The molecule has 1 saturated carbocycles. The molecule has 14 heavy (non-hydrogen) atoms. The van der Waals surface area contributed by atoms with Crippen molar-refractivity contribution in [2.45, 2.75) is 77.0 Å². The summed E-state index contributed by atoms with van der Waals surface area (Å²) in [5, 5.41) is 13.4. The van der Waals surface area contributed by atoms with Crippen molar-refractivity contribution >= 4 is 0 Å². The van der Waals surface area contributed by atoms with E-state index in [1.807, 2.05) is 0 Å². The van der Waals surface area contributed by atoms with Gasteiger partial charge in [0.25, 0.3) is 0 Å². The van der Waals surface area contributed by atoms with E-state index in [0.29, 0.717) is 6.04 Å². The molecule has 0 aliphatic heterocycles. The topological polar surface area (TPSA) is 32.3 Å². The first kappa shape index (κ1) is 12.0. The van der Waals surface area contributed by atoms with Crippen LogP contribution in [0.1, 0.15) is 59.3 Å². The van der Waals surface area contributed by atoms with Gasteiger partial charge in [-0.3, -0.25) is 0 Å². The first-order valence-corrected chi connectivity index (χ1v) is 6.01. The van der Waals surface area contributed by atoms with Gasteiger partial charge in [0.05, 0.1) is 6.10 Å². The summed E-state index contributed by atoms with van der Waals surface area (Å²) in [6, 6.07) is 0.324. The third-order valence-electron chi connectivity index (χ3n) is 3.18. The summed E-state index contributed by atoms with van der Waals surface area (Å²) in [7, 11) is 0.